The highest BCUT2D eigenvalue weighted by atomic mass is 32.2. The van der Waals surface area contributed by atoms with Crippen molar-refractivity contribution in [3.63, 3.8) is 0 Å². The molecule has 1 heterocycles. The fourth-order valence-electron chi connectivity index (χ4n) is 4.20. The van der Waals surface area contributed by atoms with Gasteiger partial charge in [0, 0.05) is 44.5 Å². The topological polar surface area (TPSA) is 70.2 Å². The number of rotatable bonds is 6. The molecule has 0 aromatic heterocycles. The molecule has 8 heteroatoms. The van der Waals surface area contributed by atoms with Gasteiger partial charge in [-0.25, -0.2) is 8.42 Å². The number of methoxy groups -OCH3 is 1. The average molecular weight is 494 g/mol. The van der Waals surface area contributed by atoms with Crippen molar-refractivity contribution in [3.05, 3.63) is 83.9 Å². The summed E-state index contributed by atoms with van der Waals surface area (Å²) in [6.45, 7) is 4.67. The van der Waals surface area contributed by atoms with E-state index in [1.54, 1.807) is 36.3 Å². The third kappa shape index (κ3) is 5.43. The molecule has 1 aliphatic heterocycles. The summed E-state index contributed by atoms with van der Waals surface area (Å²) in [5.41, 5.74) is 3.09. The van der Waals surface area contributed by atoms with Gasteiger partial charge >= 0.3 is 0 Å². The number of aryl methyl sites for hydroxylation is 1. The lowest BCUT2D eigenvalue weighted by atomic mass is 10.2. The van der Waals surface area contributed by atoms with E-state index in [1.807, 2.05) is 43.3 Å². The van der Waals surface area contributed by atoms with Gasteiger partial charge in [0.05, 0.1) is 17.7 Å². The second-order valence-corrected chi connectivity index (χ2v) is 10.6. The minimum absolute atomic E-state index is 0.0982. The van der Waals surface area contributed by atoms with E-state index in [4.69, 9.17) is 4.74 Å². The van der Waals surface area contributed by atoms with Gasteiger partial charge in [0.15, 0.2) is 0 Å². The summed E-state index contributed by atoms with van der Waals surface area (Å²) in [5, 5.41) is 0. The molecule has 1 aliphatic rings. The number of ether oxygens (including phenoxy) is 1. The first-order valence-electron chi connectivity index (χ1n) is 11.6. The minimum Gasteiger partial charge on any atom is -0.497 e. The fraction of sp³-hybridized carbons (Fsp3) is 0.296. The number of amides is 1. The predicted octanol–water partition coefficient (Wildman–Crippen LogP) is 4.18. The lowest BCUT2D eigenvalue weighted by Gasteiger charge is -2.24. The molecule has 0 bridgehead atoms. The molecule has 184 valence electrons. The summed E-state index contributed by atoms with van der Waals surface area (Å²) in [6, 6.07) is 21.5. The van der Waals surface area contributed by atoms with Crippen molar-refractivity contribution in [2.45, 2.75) is 18.2 Å². The van der Waals surface area contributed by atoms with Crippen molar-refractivity contribution in [3.8, 4) is 5.75 Å². The number of carbonyl (C=O) groups is 1. The zero-order valence-electron chi connectivity index (χ0n) is 20.3. The molecule has 4 rings (SSSR count). The van der Waals surface area contributed by atoms with E-state index in [-0.39, 0.29) is 10.8 Å². The lowest BCUT2D eigenvalue weighted by molar-refractivity contribution is 0.0766. The Morgan fingerprint density at radius 1 is 0.914 bits per heavy atom. The minimum atomic E-state index is -3.81. The highest BCUT2D eigenvalue weighted by Crippen LogP contribution is 2.24. The van der Waals surface area contributed by atoms with Crippen LogP contribution in [0.2, 0.25) is 0 Å². The van der Waals surface area contributed by atoms with Crippen molar-refractivity contribution >= 4 is 27.3 Å². The maximum Gasteiger partial charge on any atom is 0.264 e. The number of carbonyl (C=O) groups excluding carboxylic acids is 1. The number of anilines is 2. The molecule has 35 heavy (non-hydrogen) atoms. The van der Waals surface area contributed by atoms with Crippen LogP contribution in [0.5, 0.6) is 5.75 Å². The van der Waals surface area contributed by atoms with E-state index in [0.717, 1.165) is 30.0 Å². The first-order chi connectivity index (χ1) is 16.8. The van der Waals surface area contributed by atoms with Crippen LogP contribution in [0.15, 0.2) is 77.7 Å². The number of nitrogens with zero attached hydrogens (tertiary/aromatic N) is 3. The van der Waals surface area contributed by atoms with Crippen LogP contribution in [0.4, 0.5) is 11.4 Å². The molecule has 0 aliphatic carbocycles. The number of hydrogen-bond donors (Lipinski definition) is 0. The highest BCUT2D eigenvalue weighted by Gasteiger charge is 2.25. The normalized spacial score (nSPS) is 14.4. The highest BCUT2D eigenvalue weighted by molar-refractivity contribution is 7.92. The smallest absolute Gasteiger partial charge is 0.264 e. The van der Waals surface area contributed by atoms with Crippen LogP contribution in [0, 0.1) is 6.92 Å². The summed E-state index contributed by atoms with van der Waals surface area (Å²) >= 11 is 0. The van der Waals surface area contributed by atoms with Crippen LogP contribution >= 0.6 is 0 Å². The van der Waals surface area contributed by atoms with E-state index in [2.05, 4.69) is 4.90 Å². The van der Waals surface area contributed by atoms with Crippen molar-refractivity contribution in [2.75, 3.05) is 49.5 Å². The second-order valence-electron chi connectivity index (χ2n) is 8.67. The Balaban J connectivity index is 1.48. The Morgan fingerprint density at radius 3 is 2.31 bits per heavy atom. The van der Waals surface area contributed by atoms with Crippen LogP contribution in [-0.4, -0.2) is 59.6 Å². The Kier molecular flexibility index (Phi) is 7.31. The molecule has 0 saturated carbocycles. The van der Waals surface area contributed by atoms with E-state index >= 15 is 0 Å². The zero-order valence-corrected chi connectivity index (χ0v) is 21.2. The number of sulfonamides is 1. The average Bonchev–Trinajstić information content (AvgIpc) is 3.15. The molecule has 0 radical (unpaired) electrons. The van der Waals surface area contributed by atoms with Gasteiger partial charge in [0.25, 0.3) is 15.9 Å². The molecule has 0 atom stereocenters. The maximum absolute atomic E-state index is 13.3. The Morgan fingerprint density at radius 2 is 1.63 bits per heavy atom. The van der Waals surface area contributed by atoms with Crippen LogP contribution in [0.25, 0.3) is 0 Å². The Hall–Kier alpha value is -3.52. The summed E-state index contributed by atoms with van der Waals surface area (Å²) in [6.07, 6.45) is 0.825. The Labute approximate surface area is 207 Å². The molecular formula is C27H31N3O4S. The fourth-order valence-corrected chi connectivity index (χ4v) is 5.44. The van der Waals surface area contributed by atoms with Crippen molar-refractivity contribution in [1.29, 1.82) is 0 Å². The third-order valence-corrected chi connectivity index (χ3v) is 8.14. The lowest BCUT2D eigenvalue weighted by Crippen LogP contribution is -2.35. The zero-order chi connectivity index (χ0) is 25.0. The summed E-state index contributed by atoms with van der Waals surface area (Å²) in [4.78, 5) is 17.5. The number of benzene rings is 3. The summed E-state index contributed by atoms with van der Waals surface area (Å²) < 4.78 is 33.0. The van der Waals surface area contributed by atoms with Crippen molar-refractivity contribution in [2.24, 2.45) is 0 Å². The first-order valence-corrected chi connectivity index (χ1v) is 13.1. The van der Waals surface area contributed by atoms with Gasteiger partial charge in [-0.2, -0.15) is 0 Å². The summed E-state index contributed by atoms with van der Waals surface area (Å²) in [5.74, 6) is 0.653. The molecule has 7 nitrogen and oxygen atoms in total. The van der Waals surface area contributed by atoms with Crippen molar-refractivity contribution in [1.82, 2.24) is 4.90 Å². The van der Waals surface area contributed by atoms with Gasteiger partial charge in [-0.05, 0) is 67.9 Å². The number of hydrogen-bond acceptors (Lipinski definition) is 5. The Bertz CT molecular complexity index is 1270. The molecule has 1 amide bonds. The van der Waals surface area contributed by atoms with E-state index in [9.17, 15) is 13.2 Å². The molecule has 0 spiro atoms. The first kappa shape index (κ1) is 24.6. The SMILES string of the molecule is COc1ccc(N2CCCN(C(=O)c3cccc(S(=O)(=O)N(C)c4ccc(C)cc4)c3)CC2)cc1. The quantitative estimate of drug-likeness (QED) is 0.515. The van der Waals surface area contributed by atoms with Crippen LogP contribution < -0.4 is 13.9 Å². The van der Waals surface area contributed by atoms with Gasteiger partial charge in [-0.1, -0.05) is 23.8 Å². The monoisotopic (exact) mass is 493 g/mol. The molecular weight excluding hydrogens is 462 g/mol. The van der Waals surface area contributed by atoms with Crippen LogP contribution in [0.3, 0.4) is 0 Å². The second kappa shape index (κ2) is 10.4. The van der Waals surface area contributed by atoms with E-state index < -0.39 is 10.0 Å². The van der Waals surface area contributed by atoms with Crippen LogP contribution in [0.1, 0.15) is 22.3 Å². The standard InChI is InChI=1S/C27H31N3O4S/c1-21-8-10-23(11-9-21)28(2)35(32,33)26-7-4-6-22(20-26)27(31)30-17-5-16-29(18-19-30)24-12-14-25(34-3)15-13-24/h4,6-15,20H,5,16-19H2,1-3H3. The van der Waals surface area contributed by atoms with Crippen LogP contribution in [-0.2, 0) is 10.0 Å². The summed E-state index contributed by atoms with van der Waals surface area (Å²) in [7, 11) is -0.636. The molecule has 3 aromatic rings. The third-order valence-electron chi connectivity index (χ3n) is 6.36. The van der Waals surface area contributed by atoms with Gasteiger partial charge < -0.3 is 14.5 Å². The van der Waals surface area contributed by atoms with Gasteiger partial charge in [0.2, 0.25) is 0 Å². The molecule has 1 saturated heterocycles. The molecule has 1 fully saturated rings. The van der Waals surface area contributed by atoms with E-state index in [1.165, 1.54) is 23.5 Å². The largest absolute Gasteiger partial charge is 0.497 e. The van der Waals surface area contributed by atoms with Gasteiger partial charge in [-0.3, -0.25) is 9.10 Å². The van der Waals surface area contributed by atoms with Gasteiger partial charge in [0.1, 0.15) is 5.75 Å². The molecule has 0 unspecified atom stereocenters. The van der Waals surface area contributed by atoms with Gasteiger partial charge in [-0.15, -0.1) is 0 Å². The van der Waals surface area contributed by atoms with Crippen molar-refractivity contribution < 1.29 is 17.9 Å². The van der Waals surface area contributed by atoms with E-state index in [0.29, 0.717) is 30.9 Å². The molecule has 0 N–H and O–H groups in total. The maximum atomic E-state index is 13.3. The predicted molar refractivity (Wildman–Crippen MR) is 139 cm³/mol. The molecule has 3 aromatic carbocycles.